The smallest absolute Gasteiger partial charge is 0.152 e. The van der Waals surface area contributed by atoms with Gasteiger partial charge in [-0.25, -0.2) is 4.98 Å². The fourth-order valence-corrected chi connectivity index (χ4v) is 4.89. The molecule has 0 unspecified atom stereocenters. The van der Waals surface area contributed by atoms with Crippen LogP contribution in [0.1, 0.15) is 57.0 Å². The number of methoxy groups -OCH3 is 1. The number of halogens is 1. The third-order valence-electron chi connectivity index (χ3n) is 6.09. The first-order chi connectivity index (χ1) is 16.3. The zero-order valence-corrected chi connectivity index (χ0v) is 22.5. The molecule has 0 radical (unpaired) electrons. The second-order valence-electron chi connectivity index (χ2n) is 10.2. The number of ether oxygens (including phenoxy) is 1. The van der Waals surface area contributed by atoms with Crippen molar-refractivity contribution in [3.05, 3.63) is 76.1 Å². The van der Waals surface area contributed by atoms with Crippen LogP contribution in [0.15, 0.2) is 48.5 Å². The molecule has 0 aliphatic rings. The second-order valence-corrected chi connectivity index (χ2v) is 10.5. The minimum absolute atomic E-state index is 0.158. The Kier molecular flexibility index (Phi) is 9.35. The Morgan fingerprint density at radius 2 is 1.59 bits per heavy atom. The molecular weight excluding hydrogens is 442 g/mol. The van der Waals surface area contributed by atoms with E-state index < -0.39 is 0 Å². The van der Waals surface area contributed by atoms with Crippen molar-refractivity contribution >= 4 is 11.6 Å². The Hall–Kier alpha value is -2.14. The summed E-state index contributed by atoms with van der Waals surface area (Å²) >= 11 is 6.89. The maximum atomic E-state index is 6.89. The molecule has 3 rings (SSSR count). The summed E-state index contributed by atoms with van der Waals surface area (Å²) in [6.45, 7) is 15.1. The number of nitrogens with zero attached hydrogens (tertiary/aromatic N) is 3. The lowest BCUT2D eigenvalue weighted by Gasteiger charge is -2.30. The minimum Gasteiger partial charge on any atom is -0.383 e. The Labute approximate surface area is 210 Å². The van der Waals surface area contributed by atoms with Crippen LogP contribution in [0.4, 0.5) is 0 Å². The molecule has 184 valence electrons. The molecule has 0 fully saturated rings. The minimum atomic E-state index is 0.158. The quantitative estimate of drug-likeness (QED) is 0.294. The first kappa shape index (κ1) is 26.5. The summed E-state index contributed by atoms with van der Waals surface area (Å²) in [5, 5.41) is 0.589. The van der Waals surface area contributed by atoms with Crippen LogP contribution < -0.4 is 0 Å². The van der Waals surface area contributed by atoms with Crippen LogP contribution in [0.5, 0.6) is 0 Å². The molecule has 1 aromatic heterocycles. The van der Waals surface area contributed by atoms with Crippen LogP contribution in [0, 0.1) is 5.41 Å². The van der Waals surface area contributed by atoms with Crippen LogP contribution in [0.3, 0.4) is 0 Å². The highest BCUT2D eigenvalue weighted by molar-refractivity contribution is 6.30. The van der Waals surface area contributed by atoms with E-state index in [0.29, 0.717) is 11.8 Å². The molecule has 0 aliphatic carbocycles. The summed E-state index contributed by atoms with van der Waals surface area (Å²) in [5.41, 5.74) is 6.36. The summed E-state index contributed by atoms with van der Waals surface area (Å²) in [5.74, 6) is 0.960. The number of aromatic nitrogens is 2. The van der Waals surface area contributed by atoms with Crippen molar-refractivity contribution < 1.29 is 4.74 Å². The molecular formula is C29H40ClN3O. The van der Waals surface area contributed by atoms with Crippen molar-refractivity contribution in [1.29, 1.82) is 0 Å². The summed E-state index contributed by atoms with van der Waals surface area (Å²) < 4.78 is 7.78. The van der Waals surface area contributed by atoms with Crippen molar-refractivity contribution in [2.24, 2.45) is 5.41 Å². The SMILES string of the molecule is CCc1cccc(CC)c1-c1nc(Cl)c(CN(Cc2ccccc2)CC(C)(C)C)n1CCOC. The predicted octanol–water partition coefficient (Wildman–Crippen LogP) is 7.02. The lowest BCUT2D eigenvalue weighted by atomic mass is 9.95. The van der Waals surface area contributed by atoms with E-state index in [1.165, 1.54) is 22.3 Å². The Morgan fingerprint density at radius 1 is 0.941 bits per heavy atom. The summed E-state index contributed by atoms with van der Waals surface area (Å²) in [6, 6.07) is 17.2. The average molecular weight is 482 g/mol. The highest BCUT2D eigenvalue weighted by Crippen LogP contribution is 2.33. The maximum absolute atomic E-state index is 6.89. The fourth-order valence-electron chi connectivity index (χ4n) is 4.64. The number of hydrogen-bond acceptors (Lipinski definition) is 3. The second kappa shape index (κ2) is 12.0. The molecule has 0 N–H and O–H groups in total. The van der Waals surface area contributed by atoms with Gasteiger partial charge < -0.3 is 9.30 Å². The standard InChI is InChI=1S/C29H40ClN3O/c1-7-23-15-12-16-24(8-2)26(23)28-31-27(30)25(33(28)17-18-34-6)20-32(21-29(3,4)5)19-22-13-10-9-11-14-22/h9-16H,7-8,17-21H2,1-6H3. The molecule has 0 saturated carbocycles. The van der Waals surface area contributed by atoms with Gasteiger partial charge in [0.15, 0.2) is 5.15 Å². The van der Waals surface area contributed by atoms with Crippen LogP contribution in [-0.4, -0.2) is 34.7 Å². The Balaban J connectivity index is 2.07. The van der Waals surface area contributed by atoms with Gasteiger partial charge in [-0.05, 0) is 34.9 Å². The van der Waals surface area contributed by atoms with E-state index in [1.807, 2.05) is 0 Å². The topological polar surface area (TPSA) is 30.3 Å². The van der Waals surface area contributed by atoms with Gasteiger partial charge in [0, 0.05) is 38.9 Å². The van der Waals surface area contributed by atoms with E-state index in [1.54, 1.807) is 7.11 Å². The van der Waals surface area contributed by atoms with Crippen LogP contribution in [0.2, 0.25) is 5.15 Å². The molecule has 0 aliphatic heterocycles. The van der Waals surface area contributed by atoms with Crippen molar-refractivity contribution in [2.75, 3.05) is 20.3 Å². The third kappa shape index (κ3) is 6.71. The van der Waals surface area contributed by atoms with E-state index in [-0.39, 0.29) is 5.41 Å². The zero-order valence-electron chi connectivity index (χ0n) is 21.7. The lowest BCUT2D eigenvalue weighted by Crippen LogP contribution is -2.33. The fraction of sp³-hybridized carbons (Fsp3) is 0.483. The van der Waals surface area contributed by atoms with Crippen LogP contribution in [-0.2, 0) is 37.2 Å². The van der Waals surface area contributed by atoms with Gasteiger partial charge in [-0.1, -0.05) is 94.8 Å². The summed E-state index contributed by atoms with van der Waals surface area (Å²) in [6.07, 6.45) is 1.91. The maximum Gasteiger partial charge on any atom is 0.152 e. The van der Waals surface area contributed by atoms with Gasteiger partial charge in [-0.3, -0.25) is 4.90 Å². The summed E-state index contributed by atoms with van der Waals surface area (Å²) in [4.78, 5) is 7.44. The van der Waals surface area contributed by atoms with Gasteiger partial charge in [0.25, 0.3) is 0 Å². The number of hydrogen-bond donors (Lipinski definition) is 0. The molecule has 0 spiro atoms. The van der Waals surface area contributed by atoms with E-state index >= 15 is 0 Å². The van der Waals surface area contributed by atoms with Gasteiger partial charge >= 0.3 is 0 Å². The van der Waals surface area contributed by atoms with Crippen LogP contribution in [0.25, 0.3) is 11.4 Å². The predicted molar refractivity (Wildman–Crippen MR) is 143 cm³/mol. The molecule has 5 heteroatoms. The molecule has 3 aromatic rings. The van der Waals surface area contributed by atoms with E-state index in [0.717, 1.165) is 50.5 Å². The van der Waals surface area contributed by atoms with Crippen molar-refractivity contribution in [2.45, 2.75) is 67.1 Å². The monoisotopic (exact) mass is 481 g/mol. The molecule has 0 atom stereocenters. The molecule has 1 heterocycles. The molecule has 0 saturated heterocycles. The normalized spacial score (nSPS) is 12.0. The van der Waals surface area contributed by atoms with Crippen molar-refractivity contribution in [3.8, 4) is 11.4 Å². The number of rotatable bonds is 11. The number of imidazole rings is 1. The Bertz CT molecular complexity index is 1030. The largest absolute Gasteiger partial charge is 0.383 e. The van der Waals surface area contributed by atoms with Gasteiger partial charge in [0.1, 0.15) is 5.82 Å². The van der Waals surface area contributed by atoms with E-state index in [2.05, 4.69) is 92.6 Å². The summed E-state index contributed by atoms with van der Waals surface area (Å²) in [7, 11) is 1.75. The molecule has 4 nitrogen and oxygen atoms in total. The number of aryl methyl sites for hydroxylation is 2. The van der Waals surface area contributed by atoms with Gasteiger partial charge in [-0.2, -0.15) is 0 Å². The van der Waals surface area contributed by atoms with Crippen molar-refractivity contribution in [1.82, 2.24) is 14.5 Å². The highest BCUT2D eigenvalue weighted by atomic mass is 35.5. The average Bonchev–Trinajstić information content (AvgIpc) is 3.11. The Morgan fingerprint density at radius 3 is 2.15 bits per heavy atom. The van der Waals surface area contributed by atoms with E-state index in [4.69, 9.17) is 21.3 Å². The first-order valence-electron chi connectivity index (χ1n) is 12.4. The van der Waals surface area contributed by atoms with Crippen molar-refractivity contribution in [3.63, 3.8) is 0 Å². The zero-order chi connectivity index (χ0) is 24.7. The van der Waals surface area contributed by atoms with Gasteiger partial charge in [-0.15, -0.1) is 0 Å². The van der Waals surface area contributed by atoms with Gasteiger partial charge in [0.2, 0.25) is 0 Å². The van der Waals surface area contributed by atoms with Gasteiger partial charge in [0.05, 0.1) is 12.3 Å². The molecule has 2 aromatic carbocycles. The highest BCUT2D eigenvalue weighted by Gasteiger charge is 2.24. The first-order valence-corrected chi connectivity index (χ1v) is 12.8. The lowest BCUT2D eigenvalue weighted by molar-refractivity contribution is 0.166. The third-order valence-corrected chi connectivity index (χ3v) is 6.39. The number of benzene rings is 2. The van der Waals surface area contributed by atoms with E-state index in [9.17, 15) is 0 Å². The molecule has 0 amide bonds. The van der Waals surface area contributed by atoms with Crippen LogP contribution >= 0.6 is 11.6 Å². The molecule has 0 bridgehead atoms. The molecule has 34 heavy (non-hydrogen) atoms.